The third-order valence-electron chi connectivity index (χ3n) is 4.52. The second kappa shape index (κ2) is 8.54. The van der Waals surface area contributed by atoms with Gasteiger partial charge in [0.05, 0.1) is 23.1 Å². The zero-order valence-corrected chi connectivity index (χ0v) is 15.9. The van der Waals surface area contributed by atoms with Crippen molar-refractivity contribution >= 4 is 11.4 Å². The van der Waals surface area contributed by atoms with E-state index in [0.717, 1.165) is 6.07 Å². The van der Waals surface area contributed by atoms with Crippen LogP contribution in [-0.4, -0.2) is 36.6 Å². The number of hydrogen-bond acceptors (Lipinski definition) is 6. The Morgan fingerprint density at radius 2 is 1.81 bits per heavy atom. The van der Waals surface area contributed by atoms with E-state index in [9.17, 15) is 36.5 Å². The highest BCUT2D eigenvalue weighted by atomic mass is 19.4. The van der Waals surface area contributed by atoms with Gasteiger partial charge in [0.15, 0.2) is 0 Å². The minimum Gasteiger partial charge on any atom is -0.491 e. The first-order chi connectivity index (χ1) is 14.9. The molecule has 0 spiro atoms. The molecule has 0 unspecified atom stereocenters. The summed E-state index contributed by atoms with van der Waals surface area (Å²) in [6.07, 6.45) is -13.8. The molecule has 2 aromatic carbocycles. The summed E-state index contributed by atoms with van der Waals surface area (Å²) < 4.78 is 90.5. The number of hydrogen-bond donors (Lipinski definition) is 0. The highest BCUT2D eigenvalue weighted by Crippen LogP contribution is 2.41. The average molecular weight is 461 g/mol. The van der Waals surface area contributed by atoms with E-state index in [0.29, 0.717) is 22.6 Å². The molecule has 1 aliphatic rings. The van der Waals surface area contributed by atoms with Crippen LogP contribution in [0.15, 0.2) is 42.5 Å². The van der Waals surface area contributed by atoms with Crippen LogP contribution in [0.5, 0.6) is 5.75 Å². The zero-order chi connectivity index (χ0) is 23.7. The van der Waals surface area contributed by atoms with E-state index in [4.69, 9.17) is 14.7 Å². The monoisotopic (exact) mass is 461 g/mol. The summed E-state index contributed by atoms with van der Waals surface area (Å²) in [4.78, 5) is 10.2. The van der Waals surface area contributed by atoms with E-state index in [1.807, 2.05) is 6.07 Å². The molecular formula is C19H13F6N3O4. The number of nitro benzene ring substituents is 1. The fraction of sp³-hybridized carbons (Fsp3) is 0.316. The van der Waals surface area contributed by atoms with Crippen LogP contribution in [0.4, 0.5) is 37.7 Å². The molecular weight excluding hydrogens is 448 g/mol. The van der Waals surface area contributed by atoms with Crippen molar-refractivity contribution in [3.63, 3.8) is 0 Å². The van der Waals surface area contributed by atoms with Gasteiger partial charge in [-0.3, -0.25) is 10.1 Å². The van der Waals surface area contributed by atoms with Gasteiger partial charge >= 0.3 is 12.4 Å². The SMILES string of the molecule is N#Cc1ccc(OC[C@@H]2CN(c3ccc([N+](=O)[O-])c(C(F)(F)F)c3)[C@@H](C(F)(F)F)O2)cc1. The molecule has 1 aliphatic heterocycles. The summed E-state index contributed by atoms with van der Waals surface area (Å²) >= 11 is 0. The minimum atomic E-state index is -5.15. The molecule has 0 aliphatic carbocycles. The lowest BCUT2D eigenvalue weighted by Gasteiger charge is -2.27. The van der Waals surface area contributed by atoms with Gasteiger partial charge in [-0.2, -0.15) is 31.6 Å². The number of ether oxygens (including phenoxy) is 2. The number of nitro groups is 1. The van der Waals surface area contributed by atoms with Crippen molar-refractivity contribution in [3.8, 4) is 11.8 Å². The van der Waals surface area contributed by atoms with Crippen molar-refractivity contribution in [3.05, 3.63) is 63.7 Å². The van der Waals surface area contributed by atoms with Crippen LogP contribution >= 0.6 is 0 Å². The molecule has 1 heterocycles. The standard InChI is InChI=1S/C19H13F6N3O4/c20-18(21,22)15-7-12(3-6-16(15)28(29)30)27-9-14(32-17(27)19(23,24)25)10-31-13-4-1-11(8-26)2-5-13/h1-7,14,17H,9-10H2/t14-,17+/m0/s1. The highest BCUT2D eigenvalue weighted by Gasteiger charge is 2.51. The van der Waals surface area contributed by atoms with E-state index in [1.54, 1.807) is 0 Å². The molecule has 32 heavy (non-hydrogen) atoms. The fourth-order valence-corrected chi connectivity index (χ4v) is 3.10. The van der Waals surface area contributed by atoms with Crippen LogP contribution in [0.25, 0.3) is 0 Å². The lowest BCUT2D eigenvalue weighted by molar-refractivity contribution is -0.388. The number of nitrogens with zero attached hydrogens (tertiary/aromatic N) is 3. The third kappa shape index (κ3) is 5.02. The lowest BCUT2D eigenvalue weighted by atomic mass is 10.1. The van der Waals surface area contributed by atoms with Crippen molar-refractivity contribution in [2.75, 3.05) is 18.1 Å². The Balaban J connectivity index is 1.84. The van der Waals surface area contributed by atoms with Crippen molar-refractivity contribution in [1.29, 1.82) is 5.26 Å². The molecule has 2 atom stereocenters. The molecule has 3 rings (SSSR count). The number of halogens is 6. The summed E-state index contributed by atoms with van der Waals surface area (Å²) in [5, 5.41) is 19.7. The fourth-order valence-electron chi connectivity index (χ4n) is 3.10. The number of nitriles is 1. The Bertz CT molecular complexity index is 1030. The topological polar surface area (TPSA) is 88.6 Å². The molecule has 7 nitrogen and oxygen atoms in total. The molecule has 0 amide bonds. The van der Waals surface area contributed by atoms with E-state index in [-0.39, 0.29) is 12.4 Å². The second-order valence-corrected chi connectivity index (χ2v) is 6.71. The Hall–Kier alpha value is -3.53. The molecule has 1 fully saturated rings. The van der Waals surface area contributed by atoms with Gasteiger partial charge in [-0.15, -0.1) is 0 Å². The van der Waals surface area contributed by atoms with Crippen LogP contribution in [0, 0.1) is 21.4 Å². The van der Waals surface area contributed by atoms with Crippen molar-refractivity contribution in [2.24, 2.45) is 0 Å². The quantitative estimate of drug-likeness (QED) is 0.366. The Labute approximate surface area is 176 Å². The van der Waals surface area contributed by atoms with Crippen molar-refractivity contribution < 1.29 is 40.7 Å². The number of anilines is 1. The summed E-state index contributed by atoms with van der Waals surface area (Å²) in [5.74, 6) is 0.254. The predicted octanol–water partition coefficient (Wildman–Crippen LogP) is 4.66. The first kappa shape index (κ1) is 23.1. The van der Waals surface area contributed by atoms with E-state index >= 15 is 0 Å². The molecule has 0 bridgehead atoms. The molecule has 13 heteroatoms. The van der Waals surface area contributed by atoms with Crippen LogP contribution in [0.2, 0.25) is 0 Å². The molecule has 2 aromatic rings. The summed E-state index contributed by atoms with van der Waals surface area (Å²) in [6, 6.07) is 9.23. The second-order valence-electron chi connectivity index (χ2n) is 6.71. The number of rotatable bonds is 5. The minimum absolute atomic E-state index is 0.254. The van der Waals surface area contributed by atoms with E-state index in [1.165, 1.54) is 24.3 Å². The van der Waals surface area contributed by atoms with E-state index < -0.39 is 53.1 Å². The Morgan fingerprint density at radius 3 is 2.34 bits per heavy atom. The van der Waals surface area contributed by atoms with Crippen molar-refractivity contribution in [1.82, 2.24) is 0 Å². The normalized spacial score (nSPS) is 19.0. The molecule has 0 N–H and O–H groups in total. The Kier molecular flexibility index (Phi) is 6.18. The maximum atomic E-state index is 13.5. The summed E-state index contributed by atoms with van der Waals surface area (Å²) in [5.41, 5.74) is -3.13. The molecule has 0 radical (unpaired) electrons. The maximum Gasteiger partial charge on any atom is 0.433 e. The van der Waals surface area contributed by atoms with Gasteiger partial charge in [-0.25, -0.2) is 0 Å². The van der Waals surface area contributed by atoms with Crippen LogP contribution in [-0.2, 0) is 10.9 Å². The molecule has 0 aromatic heterocycles. The maximum absolute atomic E-state index is 13.5. The van der Waals surface area contributed by atoms with Crippen LogP contribution in [0.3, 0.4) is 0 Å². The molecule has 0 saturated carbocycles. The van der Waals surface area contributed by atoms with Gasteiger partial charge in [-0.1, -0.05) is 0 Å². The first-order valence-corrected chi connectivity index (χ1v) is 8.87. The van der Waals surface area contributed by atoms with Crippen LogP contribution < -0.4 is 9.64 Å². The average Bonchev–Trinajstić information content (AvgIpc) is 3.16. The smallest absolute Gasteiger partial charge is 0.433 e. The molecule has 1 saturated heterocycles. The summed E-state index contributed by atoms with van der Waals surface area (Å²) in [6.45, 7) is -0.830. The highest BCUT2D eigenvalue weighted by molar-refractivity contribution is 5.57. The summed E-state index contributed by atoms with van der Waals surface area (Å²) in [7, 11) is 0. The molecule has 170 valence electrons. The number of alkyl halides is 6. The zero-order valence-electron chi connectivity index (χ0n) is 15.9. The van der Waals surface area contributed by atoms with E-state index in [2.05, 4.69) is 0 Å². The third-order valence-corrected chi connectivity index (χ3v) is 4.52. The number of benzene rings is 2. The van der Waals surface area contributed by atoms with Gasteiger partial charge in [0.25, 0.3) is 5.69 Å². The van der Waals surface area contributed by atoms with Gasteiger partial charge in [-0.05, 0) is 36.4 Å². The van der Waals surface area contributed by atoms with Gasteiger partial charge in [0, 0.05) is 11.8 Å². The largest absolute Gasteiger partial charge is 0.491 e. The van der Waals surface area contributed by atoms with Gasteiger partial charge < -0.3 is 14.4 Å². The lowest BCUT2D eigenvalue weighted by Crippen LogP contribution is -2.42. The predicted molar refractivity (Wildman–Crippen MR) is 96.8 cm³/mol. The first-order valence-electron chi connectivity index (χ1n) is 8.87. The van der Waals surface area contributed by atoms with Crippen molar-refractivity contribution in [2.45, 2.75) is 24.7 Å². The Morgan fingerprint density at radius 1 is 1.16 bits per heavy atom. The van der Waals surface area contributed by atoms with Gasteiger partial charge in [0.1, 0.15) is 24.0 Å². The van der Waals surface area contributed by atoms with Crippen LogP contribution in [0.1, 0.15) is 11.1 Å². The van der Waals surface area contributed by atoms with Gasteiger partial charge in [0.2, 0.25) is 6.23 Å².